The van der Waals surface area contributed by atoms with E-state index in [9.17, 15) is 9.18 Å². The molecule has 4 heteroatoms. The molecule has 0 radical (unpaired) electrons. The lowest BCUT2D eigenvalue weighted by Crippen LogP contribution is -1.81. The molecule has 0 fully saturated rings. The number of rotatable bonds is 1. The first-order valence-electron chi connectivity index (χ1n) is 3.22. The Kier molecular flexibility index (Phi) is 2.63. The van der Waals surface area contributed by atoms with Crippen LogP contribution in [0.3, 0.4) is 0 Å². The summed E-state index contributed by atoms with van der Waals surface area (Å²) in [6.45, 7) is 1.61. The summed E-state index contributed by atoms with van der Waals surface area (Å²) in [5.74, 6) is -0.401. The molecule has 0 N–H and O–H groups in total. The molecule has 0 bridgehead atoms. The number of hydrogen-bond donors (Lipinski definition) is 1. The van der Waals surface area contributed by atoms with Crippen LogP contribution in [-0.4, -0.2) is 6.08 Å². The molecule has 0 amide bonds. The van der Waals surface area contributed by atoms with Crippen LogP contribution < -0.4 is 0 Å². The fourth-order valence-corrected chi connectivity index (χ4v) is 1.10. The highest BCUT2D eigenvalue weighted by Gasteiger charge is 2.02. The molecule has 12 heavy (non-hydrogen) atoms. The van der Waals surface area contributed by atoms with E-state index in [2.05, 4.69) is 17.6 Å². The molecule has 2 nitrogen and oxygen atoms in total. The molecule has 62 valence electrons. The number of nitrogens with zero attached hydrogens (tertiary/aromatic N) is 1. The van der Waals surface area contributed by atoms with E-state index >= 15 is 0 Å². The summed E-state index contributed by atoms with van der Waals surface area (Å²) < 4.78 is 12.9. The summed E-state index contributed by atoms with van der Waals surface area (Å²) >= 11 is 4.01. The molecular formula is C8H6FNOS. The topological polar surface area (TPSA) is 29.4 Å². The van der Waals surface area contributed by atoms with Crippen molar-refractivity contribution < 1.29 is 9.18 Å². The van der Waals surface area contributed by atoms with Gasteiger partial charge in [0.05, 0.1) is 5.69 Å². The standard InChI is InChI=1S/C8H6FNOS/c1-5-2-8(12)7(10-4-11)3-6(5)9/h2-3,12H,1H3. The second-order valence-electron chi connectivity index (χ2n) is 2.29. The Morgan fingerprint density at radius 1 is 1.58 bits per heavy atom. The van der Waals surface area contributed by atoms with Crippen molar-refractivity contribution >= 4 is 24.4 Å². The molecule has 1 aromatic carbocycles. The van der Waals surface area contributed by atoms with Crippen LogP contribution in [0.4, 0.5) is 10.1 Å². The summed E-state index contributed by atoms with van der Waals surface area (Å²) in [5.41, 5.74) is 0.682. The van der Waals surface area contributed by atoms with Crippen LogP contribution in [-0.2, 0) is 4.79 Å². The molecule has 0 aliphatic carbocycles. The van der Waals surface area contributed by atoms with E-state index in [0.717, 1.165) is 6.07 Å². The van der Waals surface area contributed by atoms with E-state index in [4.69, 9.17) is 0 Å². The van der Waals surface area contributed by atoms with Gasteiger partial charge in [0.25, 0.3) is 0 Å². The molecule has 0 saturated carbocycles. The van der Waals surface area contributed by atoms with Crippen LogP contribution in [0.1, 0.15) is 5.56 Å². The van der Waals surface area contributed by atoms with Gasteiger partial charge in [-0.1, -0.05) is 0 Å². The number of aliphatic imine (C=N–C) groups is 1. The van der Waals surface area contributed by atoms with Crippen molar-refractivity contribution in [3.05, 3.63) is 23.5 Å². The summed E-state index contributed by atoms with van der Waals surface area (Å²) in [7, 11) is 0. The van der Waals surface area contributed by atoms with Crippen LogP contribution in [0, 0.1) is 12.7 Å². The van der Waals surface area contributed by atoms with Gasteiger partial charge in [-0.05, 0) is 18.6 Å². The van der Waals surface area contributed by atoms with Crippen LogP contribution >= 0.6 is 12.6 Å². The van der Waals surface area contributed by atoms with Gasteiger partial charge in [0.15, 0.2) is 0 Å². The van der Waals surface area contributed by atoms with E-state index in [-0.39, 0.29) is 5.69 Å². The summed E-state index contributed by atoms with van der Waals surface area (Å²) in [4.78, 5) is 13.6. The Labute approximate surface area is 74.5 Å². The summed E-state index contributed by atoms with van der Waals surface area (Å²) in [6.07, 6.45) is 1.33. The number of aryl methyl sites for hydroxylation is 1. The summed E-state index contributed by atoms with van der Waals surface area (Å²) in [5, 5.41) is 0. The molecular weight excluding hydrogens is 177 g/mol. The monoisotopic (exact) mass is 183 g/mol. The molecule has 0 spiro atoms. The Morgan fingerprint density at radius 2 is 2.25 bits per heavy atom. The number of carbonyl (C=O) groups excluding carboxylic acids is 1. The van der Waals surface area contributed by atoms with Crippen LogP contribution in [0.15, 0.2) is 22.0 Å². The molecule has 0 saturated heterocycles. The van der Waals surface area contributed by atoms with Gasteiger partial charge in [0.1, 0.15) is 5.82 Å². The minimum atomic E-state index is -0.401. The van der Waals surface area contributed by atoms with Crippen molar-refractivity contribution in [1.29, 1.82) is 0 Å². The van der Waals surface area contributed by atoms with E-state index in [1.165, 1.54) is 12.1 Å². The molecule has 0 heterocycles. The molecule has 0 atom stereocenters. The Hall–Kier alpha value is -1.12. The zero-order chi connectivity index (χ0) is 9.14. The zero-order valence-electron chi connectivity index (χ0n) is 6.34. The number of halogens is 1. The molecule has 0 unspecified atom stereocenters. The van der Waals surface area contributed by atoms with Gasteiger partial charge in [-0.3, -0.25) is 0 Å². The van der Waals surface area contributed by atoms with Crippen LogP contribution in [0.25, 0.3) is 0 Å². The minimum absolute atomic E-state index is 0.205. The predicted molar refractivity (Wildman–Crippen MR) is 46.2 cm³/mol. The van der Waals surface area contributed by atoms with Gasteiger partial charge in [0, 0.05) is 11.0 Å². The fraction of sp³-hybridized carbons (Fsp3) is 0.125. The lowest BCUT2D eigenvalue weighted by Gasteiger charge is -1.99. The first-order valence-corrected chi connectivity index (χ1v) is 3.67. The van der Waals surface area contributed by atoms with Gasteiger partial charge in [0.2, 0.25) is 6.08 Å². The minimum Gasteiger partial charge on any atom is -0.211 e. The highest BCUT2D eigenvalue weighted by atomic mass is 32.1. The van der Waals surface area contributed by atoms with Crippen LogP contribution in [0.5, 0.6) is 0 Å². The van der Waals surface area contributed by atoms with Gasteiger partial charge in [-0.2, -0.15) is 4.99 Å². The van der Waals surface area contributed by atoms with Gasteiger partial charge >= 0.3 is 0 Å². The van der Waals surface area contributed by atoms with E-state index < -0.39 is 5.82 Å². The number of thiol groups is 1. The maximum atomic E-state index is 12.9. The number of benzene rings is 1. The molecule has 0 aliphatic rings. The van der Waals surface area contributed by atoms with E-state index in [0.29, 0.717) is 10.5 Å². The molecule has 0 aliphatic heterocycles. The third-order valence-corrected chi connectivity index (χ3v) is 1.78. The SMILES string of the molecule is Cc1cc(S)c(N=C=O)cc1F. The predicted octanol–water partition coefficient (Wildman–Crippen LogP) is 2.39. The third kappa shape index (κ3) is 1.72. The van der Waals surface area contributed by atoms with Crippen molar-refractivity contribution in [3.63, 3.8) is 0 Å². The Morgan fingerprint density at radius 3 is 2.83 bits per heavy atom. The average Bonchev–Trinajstić information content (AvgIpc) is 2.01. The van der Waals surface area contributed by atoms with Crippen molar-refractivity contribution in [2.24, 2.45) is 4.99 Å². The Bertz CT molecular complexity index is 358. The second-order valence-corrected chi connectivity index (χ2v) is 2.78. The Balaban J connectivity index is 3.32. The summed E-state index contributed by atoms with van der Waals surface area (Å²) in [6, 6.07) is 2.66. The van der Waals surface area contributed by atoms with Gasteiger partial charge in [-0.15, -0.1) is 12.6 Å². The highest BCUT2D eigenvalue weighted by molar-refractivity contribution is 7.80. The van der Waals surface area contributed by atoms with Crippen molar-refractivity contribution in [3.8, 4) is 0 Å². The number of isocyanates is 1. The van der Waals surface area contributed by atoms with Crippen molar-refractivity contribution in [2.45, 2.75) is 11.8 Å². The van der Waals surface area contributed by atoms with Gasteiger partial charge in [-0.25, -0.2) is 9.18 Å². The second kappa shape index (κ2) is 3.52. The highest BCUT2D eigenvalue weighted by Crippen LogP contribution is 2.25. The zero-order valence-corrected chi connectivity index (χ0v) is 7.23. The lowest BCUT2D eigenvalue weighted by molar-refractivity contribution is 0.565. The lowest BCUT2D eigenvalue weighted by atomic mass is 10.2. The fourth-order valence-electron chi connectivity index (χ4n) is 0.794. The molecule has 0 aromatic heterocycles. The maximum Gasteiger partial charge on any atom is 0.240 e. The van der Waals surface area contributed by atoms with E-state index in [1.807, 2.05) is 0 Å². The first-order chi connectivity index (χ1) is 5.65. The maximum absolute atomic E-state index is 12.9. The van der Waals surface area contributed by atoms with Crippen molar-refractivity contribution in [2.75, 3.05) is 0 Å². The quantitative estimate of drug-likeness (QED) is 0.404. The van der Waals surface area contributed by atoms with Crippen LogP contribution in [0.2, 0.25) is 0 Å². The largest absolute Gasteiger partial charge is 0.240 e. The molecule has 1 rings (SSSR count). The normalized spacial score (nSPS) is 9.25. The molecule has 1 aromatic rings. The smallest absolute Gasteiger partial charge is 0.211 e. The first kappa shape index (κ1) is 8.97. The third-order valence-electron chi connectivity index (χ3n) is 1.42. The van der Waals surface area contributed by atoms with E-state index in [1.54, 1.807) is 6.92 Å². The number of hydrogen-bond acceptors (Lipinski definition) is 3. The van der Waals surface area contributed by atoms with Gasteiger partial charge < -0.3 is 0 Å². The van der Waals surface area contributed by atoms with Crippen molar-refractivity contribution in [1.82, 2.24) is 0 Å². The average molecular weight is 183 g/mol.